The molecule has 8 heteroatoms. The Hall–Kier alpha value is -2.35. The summed E-state index contributed by atoms with van der Waals surface area (Å²) in [5.74, 6) is -1.35. The summed E-state index contributed by atoms with van der Waals surface area (Å²) in [6, 6.07) is 8.08. The number of rotatable bonds is 5. The zero-order valence-electron chi connectivity index (χ0n) is 13.0. The lowest BCUT2D eigenvalue weighted by atomic mass is 10.2. The second-order valence-electron chi connectivity index (χ2n) is 5.63. The molecule has 2 aliphatic heterocycles. The molecule has 1 unspecified atom stereocenters. The molecule has 0 aliphatic carbocycles. The predicted molar refractivity (Wildman–Crippen MR) is 94.7 cm³/mol. The number of thioether (sulfide) groups is 1. The fourth-order valence-corrected chi connectivity index (χ4v) is 3.55. The van der Waals surface area contributed by atoms with E-state index >= 15 is 0 Å². The first kappa shape index (κ1) is 16.5. The molecule has 0 spiro atoms. The Balaban J connectivity index is 1.58. The van der Waals surface area contributed by atoms with Crippen LogP contribution in [0.15, 0.2) is 34.5 Å². The number of carboxylic acids is 1. The van der Waals surface area contributed by atoms with Gasteiger partial charge in [0.15, 0.2) is 5.17 Å². The number of anilines is 1. The van der Waals surface area contributed by atoms with Crippen molar-refractivity contribution in [1.82, 2.24) is 5.32 Å². The number of benzene rings is 1. The quantitative estimate of drug-likeness (QED) is 0.625. The average molecular weight is 346 g/mol. The summed E-state index contributed by atoms with van der Waals surface area (Å²) in [5.41, 5.74) is 2.13. The number of hydrogen-bond acceptors (Lipinski definition) is 6. The van der Waals surface area contributed by atoms with Crippen LogP contribution in [-0.2, 0) is 9.59 Å². The maximum Gasteiger partial charge on any atom is 0.305 e. The maximum absolute atomic E-state index is 11.6. The minimum Gasteiger partial charge on any atom is -0.481 e. The van der Waals surface area contributed by atoms with Crippen molar-refractivity contribution < 1.29 is 14.7 Å². The summed E-state index contributed by atoms with van der Waals surface area (Å²) in [6.07, 6.45) is 3.87. The number of aliphatic carboxylic acids is 1. The highest BCUT2D eigenvalue weighted by molar-refractivity contribution is 8.15. The van der Waals surface area contributed by atoms with Gasteiger partial charge in [0.1, 0.15) is 5.25 Å². The number of amidine groups is 1. The summed E-state index contributed by atoms with van der Waals surface area (Å²) in [4.78, 5) is 24.6. The highest BCUT2D eigenvalue weighted by Crippen LogP contribution is 2.22. The molecule has 2 aliphatic rings. The van der Waals surface area contributed by atoms with Gasteiger partial charge in [0, 0.05) is 18.8 Å². The Morgan fingerprint density at radius 2 is 2.04 bits per heavy atom. The van der Waals surface area contributed by atoms with Gasteiger partial charge in [-0.1, -0.05) is 23.9 Å². The normalized spacial score (nSPS) is 22.5. The Morgan fingerprint density at radius 1 is 1.33 bits per heavy atom. The molecule has 7 nitrogen and oxygen atoms in total. The maximum atomic E-state index is 11.6. The van der Waals surface area contributed by atoms with Crippen molar-refractivity contribution in [3.05, 3.63) is 29.8 Å². The summed E-state index contributed by atoms with van der Waals surface area (Å²) in [7, 11) is 0. The third-order valence-corrected chi connectivity index (χ3v) is 4.93. The van der Waals surface area contributed by atoms with E-state index in [9.17, 15) is 9.59 Å². The van der Waals surface area contributed by atoms with E-state index in [-0.39, 0.29) is 12.3 Å². The van der Waals surface area contributed by atoms with E-state index in [0.29, 0.717) is 5.17 Å². The molecule has 1 aromatic rings. The lowest BCUT2D eigenvalue weighted by molar-refractivity contribution is -0.138. The van der Waals surface area contributed by atoms with Crippen LogP contribution in [0.4, 0.5) is 5.69 Å². The number of carboxylic acid groups (broad SMARTS) is 1. The molecule has 126 valence electrons. The van der Waals surface area contributed by atoms with Crippen LogP contribution >= 0.6 is 11.8 Å². The molecule has 2 N–H and O–H groups in total. The molecule has 0 bridgehead atoms. The van der Waals surface area contributed by atoms with Gasteiger partial charge >= 0.3 is 5.97 Å². The molecule has 2 saturated heterocycles. The lowest BCUT2D eigenvalue weighted by Crippen LogP contribution is -2.26. The molecule has 2 fully saturated rings. The predicted octanol–water partition coefficient (Wildman–Crippen LogP) is 1.68. The first-order chi connectivity index (χ1) is 11.6. The van der Waals surface area contributed by atoms with Crippen LogP contribution in [0.2, 0.25) is 0 Å². The monoisotopic (exact) mass is 346 g/mol. The van der Waals surface area contributed by atoms with Gasteiger partial charge in [-0.15, -0.1) is 5.10 Å². The summed E-state index contributed by atoms with van der Waals surface area (Å²) < 4.78 is 0. The van der Waals surface area contributed by atoms with Crippen molar-refractivity contribution in [2.24, 2.45) is 10.2 Å². The van der Waals surface area contributed by atoms with Crippen LogP contribution in [0.1, 0.15) is 24.8 Å². The minimum absolute atomic E-state index is 0.225. The zero-order chi connectivity index (χ0) is 16.9. The third-order valence-electron chi connectivity index (χ3n) is 3.86. The molecule has 3 rings (SSSR count). The number of carbonyl (C=O) groups excluding carboxylic acids is 1. The molecule has 2 heterocycles. The molecule has 1 amide bonds. The minimum atomic E-state index is -1.01. The van der Waals surface area contributed by atoms with Crippen molar-refractivity contribution in [2.75, 3.05) is 18.0 Å². The number of nitrogens with zero attached hydrogens (tertiary/aromatic N) is 3. The molecule has 0 saturated carbocycles. The Morgan fingerprint density at radius 3 is 2.71 bits per heavy atom. The largest absolute Gasteiger partial charge is 0.481 e. The third kappa shape index (κ3) is 4.14. The average Bonchev–Trinajstić information content (AvgIpc) is 3.19. The molecular formula is C16H18N4O3S. The van der Waals surface area contributed by atoms with Crippen LogP contribution in [0.25, 0.3) is 0 Å². The molecule has 1 atom stereocenters. The molecule has 0 radical (unpaired) electrons. The Bertz CT molecular complexity index is 681. The number of nitrogens with one attached hydrogen (secondary N) is 1. The standard InChI is InChI=1S/C16H18N4O3S/c21-14(22)9-13-15(23)18-16(24-13)19-17-10-11-3-5-12(6-4-11)20-7-1-2-8-20/h3-6,10,13H,1-2,7-9H2,(H,21,22)(H,18,19,23). The summed E-state index contributed by atoms with van der Waals surface area (Å²) in [5, 5.41) is 18.9. The first-order valence-electron chi connectivity index (χ1n) is 7.77. The smallest absolute Gasteiger partial charge is 0.305 e. The topological polar surface area (TPSA) is 94.4 Å². The van der Waals surface area contributed by atoms with E-state index in [0.717, 1.165) is 30.4 Å². The Kier molecular flexibility index (Phi) is 5.14. The van der Waals surface area contributed by atoms with Crippen LogP contribution in [0, 0.1) is 0 Å². The van der Waals surface area contributed by atoms with Crippen molar-refractivity contribution in [1.29, 1.82) is 0 Å². The molecule has 24 heavy (non-hydrogen) atoms. The van der Waals surface area contributed by atoms with Crippen LogP contribution < -0.4 is 10.2 Å². The van der Waals surface area contributed by atoms with Crippen LogP contribution in [0.5, 0.6) is 0 Å². The number of carbonyl (C=O) groups is 2. The first-order valence-corrected chi connectivity index (χ1v) is 8.65. The summed E-state index contributed by atoms with van der Waals surface area (Å²) >= 11 is 1.09. The van der Waals surface area contributed by atoms with E-state index in [1.165, 1.54) is 18.5 Å². The lowest BCUT2D eigenvalue weighted by Gasteiger charge is -2.17. The van der Waals surface area contributed by atoms with Gasteiger partial charge in [0.2, 0.25) is 5.91 Å². The number of hydrogen-bond donors (Lipinski definition) is 2. The van der Waals surface area contributed by atoms with Crippen molar-refractivity contribution in [3.63, 3.8) is 0 Å². The highest BCUT2D eigenvalue weighted by Gasteiger charge is 2.32. The fourth-order valence-electron chi connectivity index (χ4n) is 2.64. The van der Waals surface area contributed by atoms with Crippen LogP contribution in [-0.4, -0.2) is 46.7 Å². The van der Waals surface area contributed by atoms with E-state index < -0.39 is 11.2 Å². The molecular weight excluding hydrogens is 328 g/mol. The van der Waals surface area contributed by atoms with Crippen LogP contribution in [0.3, 0.4) is 0 Å². The van der Waals surface area contributed by atoms with E-state index in [1.807, 2.05) is 12.1 Å². The van der Waals surface area contributed by atoms with Gasteiger partial charge < -0.3 is 15.3 Å². The van der Waals surface area contributed by atoms with Crippen molar-refractivity contribution in [2.45, 2.75) is 24.5 Å². The van der Waals surface area contributed by atoms with E-state index in [4.69, 9.17) is 5.11 Å². The van der Waals surface area contributed by atoms with Gasteiger partial charge in [-0.25, -0.2) is 0 Å². The van der Waals surface area contributed by atoms with Crippen molar-refractivity contribution >= 4 is 40.7 Å². The zero-order valence-corrected chi connectivity index (χ0v) is 13.8. The summed E-state index contributed by atoms with van der Waals surface area (Å²) in [6.45, 7) is 2.21. The van der Waals surface area contributed by atoms with Gasteiger partial charge in [0.05, 0.1) is 12.6 Å². The second kappa shape index (κ2) is 7.48. The van der Waals surface area contributed by atoms with Crippen molar-refractivity contribution in [3.8, 4) is 0 Å². The highest BCUT2D eigenvalue weighted by atomic mass is 32.2. The van der Waals surface area contributed by atoms with Gasteiger partial charge in [-0.2, -0.15) is 5.10 Å². The van der Waals surface area contributed by atoms with Gasteiger partial charge in [-0.05, 0) is 30.5 Å². The van der Waals surface area contributed by atoms with Gasteiger partial charge in [-0.3, -0.25) is 9.59 Å². The van der Waals surface area contributed by atoms with E-state index in [2.05, 4.69) is 32.6 Å². The van der Waals surface area contributed by atoms with Gasteiger partial charge in [0.25, 0.3) is 0 Å². The Labute approximate surface area is 143 Å². The molecule has 1 aromatic carbocycles. The molecule has 0 aromatic heterocycles. The second-order valence-corrected chi connectivity index (χ2v) is 6.82. The van der Waals surface area contributed by atoms with E-state index in [1.54, 1.807) is 6.21 Å². The fraction of sp³-hybridized carbons (Fsp3) is 0.375. The SMILES string of the molecule is O=C(O)CC1SC(=NN=Cc2ccc(N3CCCC3)cc2)NC1=O. The number of amides is 1.